The van der Waals surface area contributed by atoms with Crippen LogP contribution in [0.1, 0.15) is 80.6 Å². The predicted molar refractivity (Wildman–Crippen MR) is 125 cm³/mol. The highest BCUT2D eigenvalue weighted by atomic mass is 16.3. The summed E-state index contributed by atoms with van der Waals surface area (Å²) in [6.07, 6.45) is 9.84. The molecule has 1 atom stereocenters. The molecule has 4 fully saturated rings. The van der Waals surface area contributed by atoms with E-state index in [4.69, 9.17) is 0 Å². The molecule has 2 aliphatic carbocycles. The summed E-state index contributed by atoms with van der Waals surface area (Å²) >= 11 is 0. The number of rotatable bonds is 2. The number of likely N-dealkylation sites (tertiary alicyclic amines) is 1. The molecule has 8 heteroatoms. The fourth-order valence-corrected chi connectivity index (χ4v) is 6.87. The Labute approximate surface area is 200 Å². The molecule has 184 valence electrons. The summed E-state index contributed by atoms with van der Waals surface area (Å²) in [4.78, 5) is 39.2. The van der Waals surface area contributed by atoms with Gasteiger partial charge in [-0.05, 0) is 62.8 Å². The zero-order chi connectivity index (χ0) is 24.1. The van der Waals surface area contributed by atoms with Gasteiger partial charge in [-0.25, -0.2) is 0 Å². The number of phenols is 1. The van der Waals surface area contributed by atoms with Crippen LogP contribution in [0.15, 0.2) is 18.2 Å². The molecule has 2 saturated heterocycles. The summed E-state index contributed by atoms with van der Waals surface area (Å²) in [6.45, 7) is 4.82. The van der Waals surface area contributed by atoms with Crippen LogP contribution in [0.5, 0.6) is 5.75 Å². The summed E-state index contributed by atoms with van der Waals surface area (Å²) in [5, 5.41) is 21.4. The highest BCUT2D eigenvalue weighted by Gasteiger charge is 2.58. The molecule has 34 heavy (non-hydrogen) atoms. The number of hydrogen-bond donors (Lipinski definition) is 3. The highest BCUT2D eigenvalue weighted by Crippen LogP contribution is 2.54. The van der Waals surface area contributed by atoms with Gasteiger partial charge in [0.15, 0.2) is 0 Å². The molecule has 1 unspecified atom stereocenters. The Morgan fingerprint density at radius 3 is 2.38 bits per heavy atom. The molecule has 0 bridgehead atoms. The number of carbonyl (C=O) groups excluding carboxylic acids is 3. The third-order valence-corrected chi connectivity index (χ3v) is 8.19. The van der Waals surface area contributed by atoms with Gasteiger partial charge < -0.3 is 15.1 Å². The van der Waals surface area contributed by atoms with Crippen molar-refractivity contribution in [2.75, 3.05) is 13.1 Å². The Balaban J connectivity index is 0.000000145. The molecule has 3 amide bonds. The average molecular weight is 470 g/mol. The summed E-state index contributed by atoms with van der Waals surface area (Å²) in [5.74, 6) is -0.870. The average Bonchev–Trinajstić information content (AvgIpc) is 3.06. The van der Waals surface area contributed by atoms with Crippen LogP contribution in [-0.4, -0.2) is 68.5 Å². The van der Waals surface area contributed by atoms with Crippen molar-refractivity contribution in [1.29, 1.82) is 0 Å². The van der Waals surface area contributed by atoms with Gasteiger partial charge in [-0.15, -0.1) is 0 Å². The topological polar surface area (TPSA) is 110 Å². The predicted octanol–water partition coefficient (Wildman–Crippen LogP) is 2.32. The Bertz CT molecular complexity index is 984. The molecule has 0 radical (unpaired) electrons. The van der Waals surface area contributed by atoms with Crippen molar-refractivity contribution >= 4 is 17.7 Å². The van der Waals surface area contributed by atoms with E-state index >= 15 is 0 Å². The van der Waals surface area contributed by atoms with Crippen molar-refractivity contribution in [2.45, 2.75) is 88.9 Å². The smallest absolute Gasteiger partial charge is 0.255 e. The van der Waals surface area contributed by atoms with E-state index in [0.717, 1.165) is 18.9 Å². The minimum absolute atomic E-state index is 0.0941. The van der Waals surface area contributed by atoms with Crippen LogP contribution in [0.25, 0.3) is 0 Å². The zero-order valence-electron chi connectivity index (χ0n) is 19.9. The molecular formula is C26H35N3O5. The quantitative estimate of drug-likeness (QED) is 0.574. The molecule has 1 aromatic carbocycles. The summed E-state index contributed by atoms with van der Waals surface area (Å²) in [5.41, 5.74) is 1.40. The maximum atomic E-state index is 12.2. The van der Waals surface area contributed by atoms with Crippen LogP contribution in [0.2, 0.25) is 0 Å². The lowest BCUT2D eigenvalue weighted by Crippen LogP contribution is -2.69. The molecule has 0 aromatic heterocycles. The van der Waals surface area contributed by atoms with Crippen molar-refractivity contribution in [2.24, 2.45) is 5.41 Å². The Morgan fingerprint density at radius 1 is 1.03 bits per heavy atom. The van der Waals surface area contributed by atoms with E-state index in [1.54, 1.807) is 6.07 Å². The number of hydrogen-bond acceptors (Lipinski definition) is 6. The number of imide groups is 1. The van der Waals surface area contributed by atoms with Gasteiger partial charge in [-0.3, -0.25) is 24.6 Å². The molecular weight excluding hydrogens is 434 g/mol. The second-order valence-corrected chi connectivity index (χ2v) is 11.3. The summed E-state index contributed by atoms with van der Waals surface area (Å²) in [6, 6.07) is 4.80. The summed E-state index contributed by atoms with van der Waals surface area (Å²) < 4.78 is 0. The van der Waals surface area contributed by atoms with E-state index in [-0.39, 0.29) is 36.1 Å². The SMILES string of the molecule is CC1(O)CC2(CN(C3CCCCC3)C2)C1.O=C1CCC(N2Cc3cc(O)ccc3C2=O)C(=O)N1. The number of fused-ring (bicyclic) bond motifs is 1. The third kappa shape index (κ3) is 4.45. The monoisotopic (exact) mass is 469 g/mol. The van der Waals surface area contributed by atoms with Crippen molar-refractivity contribution in [3.05, 3.63) is 29.3 Å². The third-order valence-electron chi connectivity index (χ3n) is 8.19. The fraction of sp³-hybridized carbons (Fsp3) is 0.654. The fourth-order valence-electron chi connectivity index (χ4n) is 6.87. The second-order valence-electron chi connectivity index (χ2n) is 11.3. The van der Waals surface area contributed by atoms with Crippen LogP contribution in [0, 0.1) is 5.41 Å². The minimum atomic E-state index is -0.611. The molecule has 5 aliphatic rings. The molecule has 6 rings (SSSR count). The van der Waals surface area contributed by atoms with Gasteiger partial charge in [0.1, 0.15) is 11.8 Å². The molecule has 3 N–H and O–H groups in total. The first-order valence-electron chi connectivity index (χ1n) is 12.6. The van der Waals surface area contributed by atoms with Crippen molar-refractivity contribution in [1.82, 2.24) is 15.1 Å². The number of phenolic OH excluding ortho intramolecular Hbond substituents is 1. The van der Waals surface area contributed by atoms with E-state index in [0.29, 0.717) is 23.0 Å². The van der Waals surface area contributed by atoms with Crippen LogP contribution < -0.4 is 5.32 Å². The first kappa shape index (κ1) is 23.3. The van der Waals surface area contributed by atoms with Gasteiger partial charge in [0, 0.05) is 43.1 Å². The largest absolute Gasteiger partial charge is 0.508 e. The zero-order valence-corrected chi connectivity index (χ0v) is 19.9. The van der Waals surface area contributed by atoms with E-state index in [1.807, 2.05) is 6.92 Å². The van der Waals surface area contributed by atoms with Crippen molar-refractivity contribution in [3.8, 4) is 5.75 Å². The number of benzene rings is 1. The molecule has 1 aromatic rings. The molecule has 3 heterocycles. The molecule has 8 nitrogen and oxygen atoms in total. The lowest BCUT2D eigenvalue weighted by atomic mass is 9.55. The maximum absolute atomic E-state index is 12.2. The number of aromatic hydroxyl groups is 1. The first-order chi connectivity index (χ1) is 16.1. The van der Waals surface area contributed by atoms with E-state index in [1.165, 1.54) is 62.2 Å². The number of amides is 3. The van der Waals surface area contributed by atoms with Crippen LogP contribution in [-0.2, 0) is 16.1 Å². The van der Waals surface area contributed by atoms with Crippen LogP contribution in [0.4, 0.5) is 0 Å². The van der Waals surface area contributed by atoms with E-state index in [9.17, 15) is 24.6 Å². The van der Waals surface area contributed by atoms with Crippen LogP contribution >= 0.6 is 0 Å². The van der Waals surface area contributed by atoms with Gasteiger partial charge >= 0.3 is 0 Å². The van der Waals surface area contributed by atoms with Gasteiger partial charge in [0.25, 0.3) is 5.91 Å². The molecule has 2 saturated carbocycles. The Morgan fingerprint density at radius 2 is 1.74 bits per heavy atom. The van der Waals surface area contributed by atoms with Gasteiger partial charge in [-0.2, -0.15) is 0 Å². The standard InChI is InChI=1S/C13H12N2O4.C13H23NO/c16-8-1-2-9-7(5-8)6-15(13(9)19)10-3-4-11(17)14-12(10)18;1-12(15)7-13(8-12)9-14(10-13)11-5-3-2-4-6-11/h1-2,5,10,16H,3-4,6H2,(H,14,17,18);11,15H,2-10H2,1H3. The normalized spacial score (nSPS) is 27.9. The minimum Gasteiger partial charge on any atom is -0.508 e. The van der Waals surface area contributed by atoms with E-state index in [2.05, 4.69) is 10.2 Å². The van der Waals surface area contributed by atoms with Gasteiger partial charge in [-0.1, -0.05) is 19.3 Å². The number of nitrogens with one attached hydrogen (secondary N) is 1. The molecule has 3 aliphatic heterocycles. The van der Waals surface area contributed by atoms with Gasteiger partial charge in [0.05, 0.1) is 5.60 Å². The van der Waals surface area contributed by atoms with Gasteiger partial charge in [0.2, 0.25) is 11.8 Å². The molecule has 1 spiro atoms. The summed E-state index contributed by atoms with van der Waals surface area (Å²) in [7, 11) is 0. The lowest BCUT2D eigenvalue weighted by molar-refractivity contribution is -0.191. The Hall–Kier alpha value is -2.45. The lowest BCUT2D eigenvalue weighted by Gasteiger charge is -2.63. The first-order valence-corrected chi connectivity index (χ1v) is 12.6. The number of nitrogens with zero attached hydrogens (tertiary/aromatic N) is 2. The number of aliphatic hydroxyl groups is 1. The maximum Gasteiger partial charge on any atom is 0.255 e. The highest BCUT2D eigenvalue weighted by molar-refractivity contribution is 6.05. The van der Waals surface area contributed by atoms with E-state index < -0.39 is 11.9 Å². The van der Waals surface area contributed by atoms with Crippen LogP contribution in [0.3, 0.4) is 0 Å². The van der Waals surface area contributed by atoms with Crippen molar-refractivity contribution in [3.63, 3.8) is 0 Å². The number of carbonyl (C=O) groups is 3. The van der Waals surface area contributed by atoms with Crippen molar-refractivity contribution < 1.29 is 24.6 Å². The second kappa shape index (κ2) is 8.64. The number of piperidine rings is 1. The Kier molecular flexibility index (Phi) is 5.92.